The maximum absolute atomic E-state index is 12.7. The van der Waals surface area contributed by atoms with E-state index in [1.165, 1.54) is 4.90 Å². The summed E-state index contributed by atoms with van der Waals surface area (Å²) in [5, 5.41) is 3.75. The van der Waals surface area contributed by atoms with Crippen LogP contribution in [0.4, 0.5) is 5.69 Å². The Labute approximate surface area is 179 Å². The Balaban J connectivity index is 1.65. The van der Waals surface area contributed by atoms with Gasteiger partial charge in [0, 0.05) is 17.3 Å². The SMILES string of the molecule is CCN(CC(=O)Nc1cc(Cl)ccc1C)C(=O)Cc1cc(Cl)c2c(c1)OCCO2. The van der Waals surface area contributed by atoms with Gasteiger partial charge in [-0.3, -0.25) is 9.59 Å². The molecule has 6 nitrogen and oxygen atoms in total. The van der Waals surface area contributed by atoms with Crippen LogP contribution in [0.15, 0.2) is 30.3 Å². The fraction of sp³-hybridized carbons (Fsp3) is 0.333. The van der Waals surface area contributed by atoms with E-state index in [0.29, 0.717) is 52.6 Å². The van der Waals surface area contributed by atoms with E-state index in [2.05, 4.69) is 5.32 Å². The Kier molecular flexibility index (Phi) is 6.87. The summed E-state index contributed by atoms with van der Waals surface area (Å²) in [6.45, 7) is 4.92. The number of aryl methyl sites for hydroxylation is 1. The topological polar surface area (TPSA) is 67.9 Å². The van der Waals surface area contributed by atoms with Crippen molar-refractivity contribution in [1.82, 2.24) is 4.90 Å². The molecule has 29 heavy (non-hydrogen) atoms. The smallest absolute Gasteiger partial charge is 0.244 e. The Morgan fingerprint density at radius 2 is 1.90 bits per heavy atom. The average Bonchev–Trinajstić information content (AvgIpc) is 2.69. The van der Waals surface area contributed by atoms with Crippen LogP contribution in [0.1, 0.15) is 18.1 Å². The Hall–Kier alpha value is -2.44. The third-order valence-corrected chi connectivity index (χ3v) is 5.07. The molecular weight excluding hydrogens is 415 g/mol. The standard InChI is InChI=1S/C21H22Cl2N2O4/c1-3-25(12-19(26)24-17-11-15(22)5-4-13(17)2)20(27)10-14-8-16(23)21-18(9-14)28-6-7-29-21/h4-5,8-9,11H,3,6-7,10,12H2,1-2H3,(H,24,26). The molecule has 2 aromatic rings. The molecule has 0 atom stereocenters. The van der Waals surface area contributed by atoms with Crippen LogP contribution in [0.3, 0.4) is 0 Å². The van der Waals surface area contributed by atoms with E-state index >= 15 is 0 Å². The second kappa shape index (κ2) is 9.37. The van der Waals surface area contributed by atoms with Gasteiger partial charge in [0.25, 0.3) is 0 Å². The van der Waals surface area contributed by atoms with Crippen LogP contribution in [-0.2, 0) is 16.0 Å². The highest BCUT2D eigenvalue weighted by Gasteiger charge is 2.20. The van der Waals surface area contributed by atoms with E-state index in [1.54, 1.807) is 24.3 Å². The first kappa shape index (κ1) is 21.3. The van der Waals surface area contributed by atoms with E-state index in [4.69, 9.17) is 32.7 Å². The first-order valence-electron chi connectivity index (χ1n) is 9.29. The molecule has 0 unspecified atom stereocenters. The van der Waals surface area contributed by atoms with Crippen LogP contribution in [-0.4, -0.2) is 43.0 Å². The van der Waals surface area contributed by atoms with Crippen molar-refractivity contribution in [3.05, 3.63) is 51.5 Å². The predicted octanol–water partition coefficient (Wildman–Crippen LogP) is 4.10. The molecule has 1 heterocycles. The van der Waals surface area contributed by atoms with Crippen molar-refractivity contribution in [3.8, 4) is 11.5 Å². The largest absolute Gasteiger partial charge is 0.486 e. The lowest BCUT2D eigenvalue weighted by molar-refractivity contribution is -0.133. The quantitative estimate of drug-likeness (QED) is 0.739. The summed E-state index contributed by atoms with van der Waals surface area (Å²) in [5.74, 6) is 0.561. The van der Waals surface area contributed by atoms with Crippen LogP contribution in [0.2, 0.25) is 10.0 Å². The summed E-state index contributed by atoms with van der Waals surface area (Å²) < 4.78 is 11.1. The summed E-state index contributed by atoms with van der Waals surface area (Å²) in [6.07, 6.45) is 0.105. The zero-order valence-electron chi connectivity index (χ0n) is 16.3. The molecule has 1 aliphatic heterocycles. The fourth-order valence-corrected chi connectivity index (χ4v) is 3.48. The van der Waals surface area contributed by atoms with E-state index in [-0.39, 0.29) is 24.8 Å². The highest BCUT2D eigenvalue weighted by molar-refractivity contribution is 6.32. The third-order valence-electron chi connectivity index (χ3n) is 4.55. The van der Waals surface area contributed by atoms with Crippen LogP contribution in [0, 0.1) is 6.92 Å². The van der Waals surface area contributed by atoms with Crippen LogP contribution < -0.4 is 14.8 Å². The number of amides is 2. The summed E-state index contributed by atoms with van der Waals surface area (Å²) in [7, 11) is 0. The molecular formula is C21H22Cl2N2O4. The Bertz CT molecular complexity index is 933. The Morgan fingerprint density at radius 1 is 1.14 bits per heavy atom. The fourth-order valence-electron chi connectivity index (χ4n) is 3.02. The maximum Gasteiger partial charge on any atom is 0.244 e. The van der Waals surface area contributed by atoms with Gasteiger partial charge in [-0.25, -0.2) is 0 Å². The molecule has 3 rings (SSSR count). The first-order chi connectivity index (χ1) is 13.9. The van der Waals surface area contributed by atoms with E-state index in [9.17, 15) is 9.59 Å². The van der Waals surface area contributed by atoms with Crippen molar-refractivity contribution in [3.63, 3.8) is 0 Å². The molecule has 154 valence electrons. The number of carbonyl (C=O) groups excluding carboxylic acids is 2. The third kappa shape index (κ3) is 5.34. The summed E-state index contributed by atoms with van der Waals surface area (Å²) in [6, 6.07) is 8.71. The molecule has 2 amide bonds. The summed E-state index contributed by atoms with van der Waals surface area (Å²) >= 11 is 12.2. The van der Waals surface area contributed by atoms with Crippen molar-refractivity contribution >= 4 is 40.7 Å². The number of benzene rings is 2. The zero-order valence-corrected chi connectivity index (χ0v) is 17.8. The number of anilines is 1. The summed E-state index contributed by atoms with van der Waals surface area (Å²) in [5.41, 5.74) is 2.22. The zero-order chi connectivity index (χ0) is 21.0. The molecule has 8 heteroatoms. The minimum absolute atomic E-state index is 0.0560. The van der Waals surface area contributed by atoms with Gasteiger partial charge < -0.3 is 19.7 Å². The maximum atomic E-state index is 12.7. The van der Waals surface area contributed by atoms with Crippen LogP contribution in [0.25, 0.3) is 0 Å². The molecule has 2 aromatic carbocycles. The number of hydrogen-bond donors (Lipinski definition) is 1. The van der Waals surface area contributed by atoms with Gasteiger partial charge in [0.2, 0.25) is 11.8 Å². The van der Waals surface area contributed by atoms with Gasteiger partial charge in [0.1, 0.15) is 13.2 Å². The van der Waals surface area contributed by atoms with E-state index in [0.717, 1.165) is 5.56 Å². The van der Waals surface area contributed by atoms with Gasteiger partial charge in [-0.2, -0.15) is 0 Å². The molecule has 0 aromatic heterocycles. The highest BCUT2D eigenvalue weighted by atomic mass is 35.5. The molecule has 0 saturated heterocycles. The number of hydrogen-bond acceptors (Lipinski definition) is 4. The number of carbonyl (C=O) groups is 2. The van der Waals surface area contributed by atoms with Gasteiger partial charge >= 0.3 is 0 Å². The Morgan fingerprint density at radius 3 is 2.66 bits per heavy atom. The van der Waals surface area contributed by atoms with Gasteiger partial charge in [0.05, 0.1) is 18.0 Å². The number of nitrogens with zero attached hydrogens (tertiary/aromatic N) is 1. The van der Waals surface area contributed by atoms with Gasteiger partial charge in [0.15, 0.2) is 11.5 Å². The van der Waals surface area contributed by atoms with Gasteiger partial charge in [-0.15, -0.1) is 0 Å². The van der Waals surface area contributed by atoms with E-state index in [1.807, 2.05) is 19.9 Å². The monoisotopic (exact) mass is 436 g/mol. The number of rotatable bonds is 6. The lowest BCUT2D eigenvalue weighted by Gasteiger charge is -2.22. The van der Waals surface area contributed by atoms with Crippen LogP contribution >= 0.6 is 23.2 Å². The number of nitrogens with one attached hydrogen (secondary N) is 1. The van der Waals surface area contributed by atoms with Gasteiger partial charge in [-0.05, 0) is 49.2 Å². The lowest BCUT2D eigenvalue weighted by Crippen LogP contribution is -2.38. The minimum Gasteiger partial charge on any atom is -0.486 e. The first-order valence-corrected chi connectivity index (χ1v) is 10.0. The van der Waals surface area contributed by atoms with Crippen molar-refractivity contribution in [2.24, 2.45) is 0 Å². The molecule has 0 bridgehead atoms. The average molecular weight is 437 g/mol. The minimum atomic E-state index is -0.286. The molecule has 1 aliphatic rings. The van der Waals surface area contributed by atoms with Gasteiger partial charge in [-0.1, -0.05) is 29.3 Å². The van der Waals surface area contributed by atoms with Crippen molar-refractivity contribution in [2.45, 2.75) is 20.3 Å². The summed E-state index contributed by atoms with van der Waals surface area (Å²) in [4.78, 5) is 26.7. The lowest BCUT2D eigenvalue weighted by atomic mass is 10.1. The van der Waals surface area contributed by atoms with Crippen molar-refractivity contribution < 1.29 is 19.1 Å². The number of fused-ring (bicyclic) bond motifs is 1. The number of likely N-dealkylation sites (N-methyl/N-ethyl adjacent to an activating group) is 1. The number of ether oxygens (including phenoxy) is 2. The molecule has 0 saturated carbocycles. The van der Waals surface area contributed by atoms with Crippen molar-refractivity contribution in [1.29, 1.82) is 0 Å². The number of halogens is 2. The molecule has 1 N–H and O–H groups in total. The second-order valence-corrected chi connectivity index (χ2v) is 7.54. The van der Waals surface area contributed by atoms with Crippen molar-refractivity contribution in [2.75, 3.05) is 31.6 Å². The normalized spacial score (nSPS) is 12.4. The highest BCUT2D eigenvalue weighted by Crippen LogP contribution is 2.38. The second-order valence-electron chi connectivity index (χ2n) is 6.69. The molecule has 0 aliphatic carbocycles. The molecule has 0 radical (unpaired) electrons. The predicted molar refractivity (Wildman–Crippen MR) is 113 cm³/mol. The van der Waals surface area contributed by atoms with E-state index < -0.39 is 0 Å². The molecule has 0 fully saturated rings. The molecule has 0 spiro atoms. The van der Waals surface area contributed by atoms with Crippen LogP contribution in [0.5, 0.6) is 11.5 Å².